The minimum Gasteiger partial charge on any atom is -0.491 e. The highest BCUT2D eigenvalue weighted by Crippen LogP contribution is 2.23. The molecule has 0 radical (unpaired) electrons. The van der Waals surface area contributed by atoms with Crippen molar-refractivity contribution < 1.29 is 19.1 Å². The number of morpholine rings is 1. The fraction of sp³-hybridized carbons (Fsp3) is 0.579. The van der Waals surface area contributed by atoms with Crippen LogP contribution in [-0.2, 0) is 14.3 Å². The summed E-state index contributed by atoms with van der Waals surface area (Å²) in [7, 11) is 0. The second-order valence-corrected chi connectivity index (χ2v) is 7.41. The molecule has 0 saturated carbocycles. The molecule has 6 nitrogen and oxygen atoms in total. The number of hydrogen-bond acceptors (Lipinski definition) is 4. The van der Waals surface area contributed by atoms with E-state index in [0.29, 0.717) is 32.5 Å². The Labute approximate surface area is 148 Å². The number of benzene rings is 1. The molecule has 25 heavy (non-hydrogen) atoms. The van der Waals surface area contributed by atoms with Crippen LogP contribution < -0.4 is 10.1 Å². The van der Waals surface area contributed by atoms with Gasteiger partial charge in [-0.1, -0.05) is 18.2 Å². The summed E-state index contributed by atoms with van der Waals surface area (Å²) in [6.07, 6.45) is 1.43. The number of para-hydroxylation sites is 1. The molecule has 2 fully saturated rings. The van der Waals surface area contributed by atoms with Gasteiger partial charge in [-0.25, -0.2) is 0 Å². The first kappa shape index (κ1) is 17.7. The summed E-state index contributed by atoms with van der Waals surface area (Å²) in [5.74, 6) is 0.892. The summed E-state index contributed by atoms with van der Waals surface area (Å²) in [5.41, 5.74) is -0.419. The molecule has 6 heteroatoms. The average molecular weight is 346 g/mol. The number of nitrogens with zero attached hydrogens (tertiary/aromatic N) is 1. The van der Waals surface area contributed by atoms with Gasteiger partial charge >= 0.3 is 0 Å². The maximum atomic E-state index is 12.6. The zero-order chi connectivity index (χ0) is 17.9. The van der Waals surface area contributed by atoms with Crippen molar-refractivity contribution in [3.63, 3.8) is 0 Å². The molecular weight excluding hydrogens is 320 g/mol. The van der Waals surface area contributed by atoms with Gasteiger partial charge in [-0.05, 0) is 32.4 Å². The van der Waals surface area contributed by atoms with Crippen LogP contribution in [0.5, 0.6) is 5.75 Å². The Morgan fingerprint density at radius 2 is 2.12 bits per heavy atom. The predicted molar refractivity (Wildman–Crippen MR) is 93.3 cm³/mol. The smallest absolute Gasteiger partial charge is 0.224 e. The van der Waals surface area contributed by atoms with Crippen LogP contribution >= 0.6 is 0 Å². The normalized spacial score (nSPS) is 25.5. The van der Waals surface area contributed by atoms with Crippen molar-refractivity contribution in [2.24, 2.45) is 0 Å². The van der Waals surface area contributed by atoms with Gasteiger partial charge in [-0.2, -0.15) is 0 Å². The van der Waals surface area contributed by atoms with Gasteiger partial charge < -0.3 is 19.7 Å². The number of hydrogen-bond donors (Lipinski definition) is 1. The van der Waals surface area contributed by atoms with E-state index >= 15 is 0 Å². The van der Waals surface area contributed by atoms with E-state index in [1.54, 1.807) is 0 Å². The lowest BCUT2D eigenvalue weighted by Crippen LogP contribution is -2.56. The highest BCUT2D eigenvalue weighted by atomic mass is 16.5. The van der Waals surface area contributed by atoms with E-state index in [2.05, 4.69) is 5.32 Å². The van der Waals surface area contributed by atoms with E-state index in [1.165, 1.54) is 0 Å². The van der Waals surface area contributed by atoms with Crippen molar-refractivity contribution in [3.05, 3.63) is 30.3 Å². The van der Waals surface area contributed by atoms with Gasteiger partial charge in [0.2, 0.25) is 11.8 Å². The first-order chi connectivity index (χ1) is 11.9. The number of carbonyl (C=O) groups excluding carboxylic acids is 2. The lowest BCUT2D eigenvalue weighted by molar-refractivity contribution is -0.165. The standard InChI is InChI=1S/C19H26N2O4/c1-19(2)13-21(18(23)10-14-8-9-17(22)20-14)11-16(25-19)12-24-15-6-4-3-5-7-15/h3-7,14,16H,8-13H2,1-2H3,(H,20,22)/t14-,16+/m1/s1. The molecule has 0 aromatic heterocycles. The molecule has 2 atom stereocenters. The molecule has 2 aliphatic rings. The summed E-state index contributed by atoms with van der Waals surface area (Å²) in [4.78, 5) is 25.8. The van der Waals surface area contributed by atoms with Gasteiger partial charge in [0.1, 0.15) is 18.5 Å². The van der Waals surface area contributed by atoms with Crippen molar-refractivity contribution in [1.82, 2.24) is 10.2 Å². The van der Waals surface area contributed by atoms with Crippen molar-refractivity contribution in [1.29, 1.82) is 0 Å². The van der Waals surface area contributed by atoms with Crippen LogP contribution in [-0.4, -0.2) is 54.2 Å². The van der Waals surface area contributed by atoms with E-state index in [0.717, 1.165) is 12.2 Å². The maximum absolute atomic E-state index is 12.6. The predicted octanol–water partition coefficient (Wildman–Crippen LogP) is 1.74. The second kappa shape index (κ2) is 7.44. The second-order valence-electron chi connectivity index (χ2n) is 7.41. The van der Waals surface area contributed by atoms with Crippen LogP contribution in [0.25, 0.3) is 0 Å². The van der Waals surface area contributed by atoms with E-state index in [1.807, 2.05) is 49.1 Å². The van der Waals surface area contributed by atoms with Crippen molar-refractivity contribution in [2.45, 2.75) is 50.9 Å². The molecular formula is C19H26N2O4. The van der Waals surface area contributed by atoms with E-state index in [4.69, 9.17) is 9.47 Å². The number of ether oxygens (including phenoxy) is 2. The quantitative estimate of drug-likeness (QED) is 0.882. The number of carbonyl (C=O) groups is 2. The first-order valence-electron chi connectivity index (χ1n) is 8.84. The van der Waals surface area contributed by atoms with Crippen molar-refractivity contribution in [2.75, 3.05) is 19.7 Å². The average Bonchev–Trinajstić information content (AvgIpc) is 2.97. The van der Waals surface area contributed by atoms with Gasteiger partial charge in [0, 0.05) is 25.4 Å². The van der Waals surface area contributed by atoms with Crippen LogP contribution in [0.4, 0.5) is 0 Å². The third-order valence-corrected chi connectivity index (χ3v) is 4.52. The number of nitrogens with one attached hydrogen (secondary N) is 1. The molecule has 2 aliphatic heterocycles. The van der Waals surface area contributed by atoms with Crippen molar-refractivity contribution >= 4 is 11.8 Å². The summed E-state index contributed by atoms with van der Waals surface area (Å²) in [6.45, 7) is 5.43. The molecule has 2 saturated heterocycles. The van der Waals surface area contributed by atoms with Crippen LogP contribution in [0.15, 0.2) is 30.3 Å². The Kier molecular flexibility index (Phi) is 5.27. The fourth-order valence-corrected chi connectivity index (χ4v) is 3.45. The third kappa shape index (κ3) is 4.95. The Morgan fingerprint density at radius 1 is 1.36 bits per heavy atom. The Hall–Kier alpha value is -2.08. The molecule has 136 valence electrons. The SMILES string of the molecule is CC1(C)CN(C(=O)C[C@H]2CCC(=O)N2)C[C@@H](COc2ccccc2)O1. The van der Waals surface area contributed by atoms with Crippen molar-refractivity contribution in [3.8, 4) is 5.75 Å². The van der Waals surface area contributed by atoms with Crippen LogP contribution in [0.3, 0.4) is 0 Å². The Balaban J connectivity index is 1.56. The zero-order valence-corrected chi connectivity index (χ0v) is 14.9. The summed E-state index contributed by atoms with van der Waals surface area (Å²) < 4.78 is 11.9. The molecule has 2 amide bonds. The summed E-state index contributed by atoms with van der Waals surface area (Å²) in [6, 6.07) is 9.55. The third-order valence-electron chi connectivity index (χ3n) is 4.52. The van der Waals surface area contributed by atoms with Crippen LogP contribution in [0.2, 0.25) is 0 Å². The molecule has 2 heterocycles. The number of amides is 2. The highest BCUT2D eigenvalue weighted by Gasteiger charge is 2.37. The van der Waals surface area contributed by atoms with E-state index in [9.17, 15) is 9.59 Å². The molecule has 0 spiro atoms. The molecule has 0 aliphatic carbocycles. The lowest BCUT2D eigenvalue weighted by atomic mass is 10.0. The highest BCUT2D eigenvalue weighted by molar-refractivity contribution is 5.82. The molecule has 3 rings (SSSR count). The molecule has 1 aromatic carbocycles. The Morgan fingerprint density at radius 3 is 2.80 bits per heavy atom. The summed E-state index contributed by atoms with van der Waals surface area (Å²) in [5, 5.41) is 2.86. The zero-order valence-electron chi connectivity index (χ0n) is 14.9. The number of rotatable bonds is 5. The first-order valence-corrected chi connectivity index (χ1v) is 8.84. The molecule has 1 N–H and O–H groups in total. The van der Waals surface area contributed by atoms with Gasteiger partial charge in [-0.3, -0.25) is 9.59 Å². The summed E-state index contributed by atoms with van der Waals surface area (Å²) >= 11 is 0. The fourth-order valence-electron chi connectivity index (χ4n) is 3.45. The largest absolute Gasteiger partial charge is 0.491 e. The van der Waals surface area contributed by atoms with Crippen LogP contribution in [0.1, 0.15) is 33.1 Å². The van der Waals surface area contributed by atoms with Gasteiger partial charge in [0.05, 0.1) is 12.1 Å². The van der Waals surface area contributed by atoms with Gasteiger partial charge in [0.25, 0.3) is 0 Å². The maximum Gasteiger partial charge on any atom is 0.224 e. The van der Waals surface area contributed by atoms with Gasteiger partial charge in [-0.15, -0.1) is 0 Å². The van der Waals surface area contributed by atoms with Gasteiger partial charge in [0.15, 0.2) is 0 Å². The van der Waals surface area contributed by atoms with E-state index in [-0.39, 0.29) is 24.0 Å². The topological polar surface area (TPSA) is 67.9 Å². The molecule has 1 aromatic rings. The minimum atomic E-state index is -0.419. The Bertz CT molecular complexity index is 617. The molecule has 0 unspecified atom stereocenters. The molecule has 0 bridgehead atoms. The monoisotopic (exact) mass is 346 g/mol. The minimum absolute atomic E-state index is 0.0363. The van der Waals surface area contributed by atoms with E-state index < -0.39 is 5.60 Å². The lowest BCUT2D eigenvalue weighted by Gasteiger charge is -2.43. The van der Waals surface area contributed by atoms with Crippen LogP contribution in [0, 0.1) is 0 Å².